The van der Waals surface area contributed by atoms with E-state index in [-0.39, 0.29) is 6.04 Å². The average Bonchev–Trinajstić information content (AvgIpc) is 2.54. The van der Waals surface area contributed by atoms with Gasteiger partial charge < -0.3 is 15.6 Å². The molecule has 2 rings (SSSR count). The minimum Gasteiger partial charge on any atom is -0.425 e. The lowest BCUT2D eigenvalue weighted by molar-refractivity contribution is 0.151. The van der Waals surface area contributed by atoms with Gasteiger partial charge in [0.25, 0.3) is 5.56 Å². The van der Waals surface area contributed by atoms with Gasteiger partial charge in [-0.1, -0.05) is 30.3 Å². The number of aliphatic hydroxyl groups excluding tert-OH is 1. The highest BCUT2D eigenvalue weighted by atomic mass is 16.5. The van der Waals surface area contributed by atoms with Gasteiger partial charge in [-0.05, 0) is 31.4 Å². The van der Waals surface area contributed by atoms with Crippen molar-refractivity contribution in [2.24, 2.45) is 0 Å². The van der Waals surface area contributed by atoms with Crippen LogP contribution < -0.4 is 10.9 Å². The van der Waals surface area contributed by atoms with Crippen LogP contribution >= 0.6 is 0 Å². The van der Waals surface area contributed by atoms with E-state index in [2.05, 4.69) is 24.4 Å². The summed E-state index contributed by atoms with van der Waals surface area (Å²) in [5.74, 6) is 0. The minimum absolute atomic E-state index is 0.259. The molecule has 0 aliphatic heterocycles. The first kappa shape index (κ1) is 16.3. The van der Waals surface area contributed by atoms with Gasteiger partial charge in [0.15, 0.2) is 0 Å². The van der Waals surface area contributed by atoms with Crippen LogP contribution in [0.5, 0.6) is 0 Å². The van der Waals surface area contributed by atoms with Crippen LogP contribution in [0.2, 0.25) is 0 Å². The van der Waals surface area contributed by atoms with Crippen molar-refractivity contribution in [3.05, 3.63) is 70.1 Å². The molecule has 1 aromatic carbocycles. The van der Waals surface area contributed by atoms with Gasteiger partial charge in [-0.2, -0.15) is 4.73 Å². The Bertz CT molecular complexity index is 640. The minimum atomic E-state index is -0.766. The second kappa shape index (κ2) is 7.77. The van der Waals surface area contributed by atoms with Gasteiger partial charge in [0, 0.05) is 24.2 Å². The van der Waals surface area contributed by atoms with Gasteiger partial charge in [-0.25, -0.2) is 0 Å². The maximum absolute atomic E-state index is 11.1. The van der Waals surface area contributed by atoms with E-state index in [9.17, 15) is 15.1 Å². The number of benzene rings is 1. The fraction of sp³-hybridized carbons (Fsp3) is 0.353. The molecule has 22 heavy (non-hydrogen) atoms. The summed E-state index contributed by atoms with van der Waals surface area (Å²) in [6, 6.07) is 13.3. The lowest BCUT2D eigenvalue weighted by Gasteiger charge is -2.17. The summed E-state index contributed by atoms with van der Waals surface area (Å²) in [6.07, 6.45) is 2.42. The quantitative estimate of drug-likeness (QED) is 0.681. The molecule has 5 nitrogen and oxygen atoms in total. The zero-order valence-electron chi connectivity index (χ0n) is 12.6. The molecule has 118 valence electrons. The van der Waals surface area contributed by atoms with E-state index in [0.717, 1.165) is 12.8 Å². The molecular weight excluding hydrogens is 280 g/mol. The Balaban J connectivity index is 1.79. The van der Waals surface area contributed by atoms with Crippen molar-refractivity contribution in [1.82, 2.24) is 10.0 Å². The van der Waals surface area contributed by atoms with E-state index in [1.807, 2.05) is 18.2 Å². The van der Waals surface area contributed by atoms with Crippen LogP contribution in [-0.2, 0) is 6.42 Å². The molecule has 0 radical (unpaired) electrons. The van der Waals surface area contributed by atoms with E-state index >= 15 is 0 Å². The Kier molecular flexibility index (Phi) is 5.75. The number of rotatable bonds is 7. The van der Waals surface area contributed by atoms with Crippen LogP contribution in [0.3, 0.4) is 0 Å². The predicted octanol–water partition coefficient (Wildman–Crippen LogP) is 1.73. The number of nitrogens with one attached hydrogen (secondary N) is 1. The summed E-state index contributed by atoms with van der Waals surface area (Å²) in [5, 5.41) is 22.7. The van der Waals surface area contributed by atoms with Crippen LogP contribution in [-0.4, -0.2) is 27.6 Å². The largest absolute Gasteiger partial charge is 0.425 e. The topological polar surface area (TPSA) is 74.5 Å². The standard InChI is InChI=1S/C17H22N2O3/c1-13(7-8-14-5-3-2-4-6-14)18-11-16(20)15-9-10-17(21)19(22)12-15/h2-6,9-10,12-13,16,18,20,22H,7-8,11H2,1H3. The monoisotopic (exact) mass is 302 g/mol. The van der Waals surface area contributed by atoms with Crippen LogP contribution in [0.4, 0.5) is 0 Å². The molecule has 0 spiro atoms. The molecule has 5 heteroatoms. The lowest BCUT2D eigenvalue weighted by Crippen LogP contribution is -2.31. The highest BCUT2D eigenvalue weighted by molar-refractivity contribution is 5.15. The van der Waals surface area contributed by atoms with Crippen LogP contribution in [0.1, 0.15) is 30.6 Å². The Morgan fingerprint density at radius 3 is 2.59 bits per heavy atom. The Labute approximate surface area is 129 Å². The summed E-state index contributed by atoms with van der Waals surface area (Å²) in [6.45, 7) is 2.44. The van der Waals surface area contributed by atoms with Crippen LogP contribution in [0, 0.1) is 0 Å². The number of pyridine rings is 1. The number of aryl methyl sites for hydroxylation is 1. The zero-order chi connectivity index (χ0) is 15.9. The zero-order valence-corrected chi connectivity index (χ0v) is 12.6. The Hall–Kier alpha value is -2.11. The number of hydrogen-bond acceptors (Lipinski definition) is 4. The lowest BCUT2D eigenvalue weighted by atomic mass is 10.1. The number of nitrogens with zero attached hydrogens (tertiary/aromatic N) is 1. The second-order valence-electron chi connectivity index (χ2n) is 5.49. The molecule has 0 aliphatic carbocycles. The third-order valence-corrected chi connectivity index (χ3v) is 3.67. The third-order valence-electron chi connectivity index (χ3n) is 3.67. The summed E-state index contributed by atoms with van der Waals surface area (Å²) in [5.41, 5.74) is 1.29. The molecule has 2 unspecified atom stereocenters. The average molecular weight is 302 g/mol. The summed E-state index contributed by atoms with van der Waals surface area (Å²) < 4.78 is 0.484. The van der Waals surface area contributed by atoms with Gasteiger partial charge in [0.2, 0.25) is 0 Å². The first-order valence-corrected chi connectivity index (χ1v) is 7.43. The molecule has 0 aliphatic rings. The van der Waals surface area contributed by atoms with Gasteiger partial charge in [-0.15, -0.1) is 0 Å². The first-order valence-electron chi connectivity index (χ1n) is 7.43. The maximum Gasteiger partial charge on any atom is 0.282 e. The van der Waals surface area contributed by atoms with Crippen molar-refractivity contribution in [1.29, 1.82) is 0 Å². The van der Waals surface area contributed by atoms with Crippen molar-refractivity contribution in [2.75, 3.05) is 6.54 Å². The molecule has 1 heterocycles. The highest BCUT2D eigenvalue weighted by Crippen LogP contribution is 2.10. The summed E-state index contributed by atoms with van der Waals surface area (Å²) in [7, 11) is 0. The molecule has 0 fully saturated rings. The second-order valence-corrected chi connectivity index (χ2v) is 5.49. The van der Waals surface area contributed by atoms with E-state index in [0.29, 0.717) is 16.8 Å². The van der Waals surface area contributed by atoms with Gasteiger partial charge >= 0.3 is 0 Å². The van der Waals surface area contributed by atoms with Crippen molar-refractivity contribution >= 4 is 0 Å². The third kappa shape index (κ3) is 4.72. The van der Waals surface area contributed by atoms with Crippen molar-refractivity contribution in [3.8, 4) is 0 Å². The maximum atomic E-state index is 11.1. The van der Waals surface area contributed by atoms with Crippen LogP contribution in [0.15, 0.2) is 53.5 Å². The van der Waals surface area contributed by atoms with E-state index in [4.69, 9.17) is 0 Å². The fourth-order valence-corrected chi connectivity index (χ4v) is 2.25. The van der Waals surface area contributed by atoms with E-state index < -0.39 is 11.7 Å². The first-order chi connectivity index (χ1) is 10.6. The van der Waals surface area contributed by atoms with Crippen molar-refractivity contribution in [3.63, 3.8) is 0 Å². The number of hydrogen-bond donors (Lipinski definition) is 3. The summed E-state index contributed by atoms with van der Waals surface area (Å²) >= 11 is 0. The van der Waals surface area contributed by atoms with Crippen molar-refractivity contribution < 1.29 is 10.3 Å². The van der Waals surface area contributed by atoms with Crippen molar-refractivity contribution in [2.45, 2.75) is 31.9 Å². The van der Waals surface area contributed by atoms with Gasteiger partial charge in [-0.3, -0.25) is 4.79 Å². The SMILES string of the molecule is CC(CCc1ccccc1)NCC(O)c1ccc(=O)n(O)c1. The molecular formula is C17H22N2O3. The number of aromatic nitrogens is 1. The molecule has 2 atom stereocenters. The molecule has 2 aromatic rings. The van der Waals surface area contributed by atoms with E-state index in [1.54, 1.807) is 0 Å². The molecule has 3 N–H and O–H groups in total. The normalized spacial score (nSPS) is 13.7. The van der Waals surface area contributed by atoms with Gasteiger partial charge in [0.05, 0.1) is 12.3 Å². The smallest absolute Gasteiger partial charge is 0.282 e. The molecule has 0 bridgehead atoms. The molecule has 0 saturated heterocycles. The molecule has 0 saturated carbocycles. The highest BCUT2D eigenvalue weighted by Gasteiger charge is 2.11. The number of aliphatic hydroxyl groups is 1. The Morgan fingerprint density at radius 1 is 1.18 bits per heavy atom. The molecule has 0 amide bonds. The van der Waals surface area contributed by atoms with E-state index in [1.165, 1.54) is 23.9 Å². The van der Waals surface area contributed by atoms with Gasteiger partial charge in [0.1, 0.15) is 0 Å². The molecule has 1 aromatic heterocycles. The fourth-order valence-electron chi connectivity index (χ4n) is 2.25. The predicted molar refractivity (Wildman–Crippen MR) is 85.1 cm³/mol. The van der Waals surface area contributed by atoms with Crippen LogP contribution in [0.25, 0.3) is 0 Å². The Morgan fingerprint density at radius 2 is 1.91 bits per heavy atom. The summed E-state index contributed by atoms with van der Waals surface area (Å²) in [4.78, 5) is 11.1.